The van der Waals surface area contributed by atoms with E-state index in [0.717, 1.165) is 23.3 Å². The number of hydrogen-bond donors (Lipinski definition) is 1. The average Bonchev–Trinajstić information content (AvgIpc) is 2.98. The van der Waals surface area contributed by atoms with Gasteiger partial charge in [-0.1, -0.05) is 6.92 Å². The van der Waals surface area contributed by atoms with Crippen LogP contribution in [-0.2, 0) is 19.4 Å². The van der Waals surface area contributed by atoms with Gasteiger partial charge in [-0.05, 0) is 45.7 Å². The van der Waals surface area contributed by atoms with E-state index in [4.69, 9.17) is 0 Å². The molecule has 1 aromatic rings. The number of rotatable bonds is 8. The van der Waals surface area contributed by atoms with Crippen molar-refractivity contribution in [2.75, 3.05) is 6.26 Å². The minimum absolute atomic E-state index is 0.0830. The van der Waals surface area contributed by atoms with E-state index in [2.05, 4.69) is 5.32 Å². The lowest BCUT2D eigenvalue weighted by Gasteiger charge is -2.42. The first-order chi connectivity index (χ1) is 14.1. The molecule has 0 aromatic heterocycles. The van der Waals surface area contributed by atoms with Gasteiger partial charge < -0.3 is 5.32 Å². The zero-order valence-electron chi connectivity index (χ0n) is 18.0. The van der Waals surface area contributed by atoms with Crippen LogP contribution in [0.25, 0.3) is 0 Å². The Morgan fingerprint density at radius 2 is 1.71 bits per heavy atom. The predicted molar refractivity (Wildman–Crippen MR) is 112 cm³/mol. The van der Waals surface area contributed by atoms with Crippen LogP contribution in [0.5, 0.6) is 0 Å². The molecule has 1 unspecified atom stereocenters. The summed E-state index contributed by atoms with van der Waals surface area (Å²) in [4.78, 5) is 48.2. The summed E-state index contributed by atoms with van der Waals surface area (Å²) < 4.78 is 23.5. The maximum atomic E-state index is 12.8. The number of imide groups is 1. The van der Waals surface area contributed by atoms with Gasteiger partial charge in [-0.3, -0.25) is 29.4 Å². The van der Waals surface area contributed by atoms with E-state index in [1.165, 1.54) is 18.2 Å². The molecule has 0 spiro atoms. The first-order valence-corrected chi connectivity index (χ1v) is 11.4. The lowest BCUT2D eigenvalue weighted by Crippen LogP contribution is -2.56. The highest BCUT2D eigenvalue weighted by atomic mass is 32.2. The summed E-state index contributed by atoms with van der Waals surface area (Å²) in [5.41, 5.74) is -2.55. The molecule has 0 bridgehead atoms. The number of nitro groups is 1. The smallest absolute Gasteiger partial charge is 0.288 e. The molecule has 0 radical (unpaired) electrons. The normalized spacial score (nSPS) is 16.4. The summed E-state index contributed by atoms with van der Waals surface area (Å²) in [7, 11) is -3.85. The highest BCUT2D eigenvalue weighted by Gasteiger charge is 2.43. The van der Waals surface area contributed by atoms with Crippen LogP contribution in [0.15, 0.2) is 35.2 Å². The van der Waals surface area contributed by atoms with Gasteiger partial charge in [0.15, 0.2) is 9.84 Å². The van der Waals surface area contributed by atoms with Crippen LogP contribution in [0.4, 0.5) is 5.69 Å². The van der Waals surface area contributed by atoms with E-state index in [1.54, 1.807) is 20.8 Å². The minimum atomic E-state index is -3.85. The molecule has 1 aromatic carbocycles. The number of nitro benzene ring substituents is 1. The largest absolute Gasteiger partial charge is 0.347 e. The Kier molecular flexibility index (Phi) is 6.41. The molecular formula is C20H25N3O7S. The van der Waals surface area contributed by atoms with Crippen LogP contribution in [0.2, 0.25) is 0 Å². The lowest BCUT2D eigenvalue weighted by atomic mass is 9.82. The van der Waals surface area contributed by atoms with E-state index in [0.29, 0.717) is 6.42 Å². The molecule has 1 atom stereocenters. The molecule has 0 saturated carbocycles. The average molecular weight is 452 g/mol. The van der Waals surface area contributed by atoms with Gasteiger partial charge in [0, 0.05) is 35.6 Å². The van der Waals surface area contributed by atoms with E-state index < -0.39 is 54.1 Å². The fourth-order valence-electron chi connectivity index (χ4n) is 3.79. The molecule has 11 heteroatoms. The van der Waals surface area contributed by atoms with Gasteiger partial charge in [-0.2, -0.15) is 0 Å². The number of nitrogens with zero attached hydrogens (tertiary/aromatic N) is 2. The number of carbonyl (C=O) groups excluding carboxylic acids is 3. The van der Waals surface area contributed by atoms with Gasteiger partial charge in [0.05, 0.1) is 10.5 Å². The highest BCUT2D eigenvalue weighted by molar-refractivity contribution is 7.90. The first-order valence-electron chi connectivity index (χ1n) is 9.48. The summed E-state index contributed by atoms with van der Waals surface area (Å²) in [5.74, 6) is -1.50. The summed E-state index contributed by atoms with van der Waals surface area (Å²) in [6.07, 6.45) is 3.92. The maximum Gasteiger partial charge on any atom is 0.288 e. The fraction of sp³-hybridized carbons (Fsp3) is 0.450. The highest BCUT2D eigenvalue weighted by Crippen LogP contribution is 2.32. The predicted octanol–water partition coefficient (Wildman–Crippen LogP) is 1.99. The molecule has 1 aliphatic heterocycles. The Bertz CT molecular complexity index is 1070. The first kappa shape index (κ1) is 24.2. The van der Waals surface area contributed by atoms with Crippen molar-refractivity contribution < 1.29 is 27.7 Å². The third-order valence-electron chi connectivity index (χ3n) is 5.20. The Balaban J connectivity index is 2.30. The molecule has 31 heavy (non-hydrogen) atoms. The molecular weight excluding hydrogens is 426 g/mol. The number of carbonyl (C=O) groups is 3. The maximum absolute atomic E-state index is 12.8. The number of sulfone groups is 1. The summed E-state index contributed by atoms with van der Waals surface area (Å²) in [6.45, 7) is 6.98. The standard InChI is InChI=1S/C20H25N3O7S/c1-6-20(4,22-16(24)9-10-17(22)25)12-19(2,3)21-18(26)13-7-8-15(31(5,29)30)14(11-13)23(27)28/h7-11H,6,12H2,1-5H3,(H,21,26). The van der Waals surface area contributed by atoms with Gasteiger partial charge in [0.2, 0.25) is 0 Å². The van der Waals surface area contributed by atoms with E-state index >= 15 is 0 Å². The Hall–Kier alpha value is -3.08. The lowest BCUT2D eigenvalue weighted by molar-refractivity contribution is -0.387. The molecule has 1 heterocycles. The molecule has 0 saturated heterocycles. The zero-order chi connectivity index (χ0) is 23.8. The molecule has 3 amide bonds. The molecule has 2 rings (SSSR count). The molecule has 10 nitrogen and oxygen atoms in total. The van der Waals surface area contributed by atoms with Crippen LogP contribution in [0.3, 0.4) is 0 Å². The van der Waals surface area contributed by atoms with Crippen molar-refractivity contribution in [3.8, 4) is 0 Å². The Labute approximate surface area is 180 Å². The van der Waals surface area contributed by atoms with E-state index in [1.807, 2.05) is 6.92 Å². The van der Waals surface area contributed by atoms with Gasteiger partial charge >= 0.3 is 0 Å². The quantitative estimate of drug-likeness (QED) is 0.361. The van der Waals surface area contributed by atoms with Crippen LogP contribution < -0.4 is 5.32 Å². The van der Waals surface area contributed by atoms with Crippen molar-refractivity contribution in [2.45, 2.75) is 56.5 Å². The second-order valence-electron chi connectivity index (χ2n) is 8.42. The molecule has 1 N–H and O–H groups in total. The second kappa shape index (κ2) is 8.22. The molecule has 1 aliphatic rings. The topological polar surface area (TPSA) is 144 Å². The van der Waals surface area contributed by atoms with Crippen LogP contribution >= 0.6 is 0 Å². The third-order valence-corrected chi connectivity index (χ3v) is 6.35. The van der Waals surface area contributed by atoms with Crippen molar-refractivity contribution in [3.05, 3.63) is 46.0 Å². The van der Waals surface area contributed by atoms with Crippen molar-refractivity contribution in [3.63, 3.8) is 0 Å². The van der Waals surface area contributed by atoms with E-state index in [9.17, 15) is 32.9 Å². The minimum Gasteiger partial charge on any atom is -0.347 e. The fourth-order valence-corrected chi connectivity index (χ4v) is 4.61. The number of benzene rings is 1. The van der Waals surface area contributed by atoms with Crippen molar-refractivity contribution >= 4 is 33.2 Å². The Morgan fingerprint density at radius 3 is 2.16 bits per heavy atom. The van der Waals surface area contributed by atoms with Crippen LogP contribution in [-0.4, -0.2) is 53.3 Å². The van der Waals surface area contributed by atoms with Crippen LogP contribution in [0, 0.1) is 10.1 Å². The number of nitrogens with one attached hydrogen (secondary N) is 1. The monoisotopic (exact) mass is 451 g/mol. The number of hydrogen-bond acceptors (Lipinski definition) is 7. The molecule has 168 valence electrons. The molecule has 0 fully saturated rings. The van der Waals surface area contributed by atoms with Crippen molar-refractivity contribution in [2.24, 2.45) is 0 Å². The summed E-state index contributed by atoms with van der Waals surface area (Å²) in [5, 5.41) is 14.1. The van der Waals surface area contributed by atoms with E-state index in [-0.39, 0.29) is 12.0 Å². The van der Waals surface area contributed by atoms with Crippen LogP contribution in [0.1, 0.15) is 50.9 Å². The third kappa shape index (κ3) is 5.16. The number of amides is 3. The zero-order valence-corrected chi connectivity index (χ0v) is 18.8. The van der Waals surface area contributed by atoms with Crippen molar-refractivity contribution in [1.82, 2.24) is 10.2 Å². The second-order valence-corrected chi connectivity index (χ2v) is 10.4. The van der Waals surface area contributed by atoms with Gasteiger partial charge in [0.25, 0.3) is 23.4 Å². The van der Waals surface area contributed by atoms with Gasteiger partial charge in [-0.15, -0.1) is 0 Å². The molecule has 0 aliphatic carbocycles. The summed E-state index contributed by atoms with van der Waals surface area (Å²) >= 11 is 0. The van der Waals surface area contributed by atoms with Gasteiger partial charge in [-0.25, -0.2) is 8.42 Å². The summed E-state index contributed by atoms with van der Waals surface area (Å²) in [6, 6.07) is 3.14. The Morgan fingerprint density at radius 1 is 1.16 bits per heavy atom. The van der Waals surface area contributed by atoms with Crippen molar-refractivity contribution in [1.29, 1.82) is 0 Å². The van der Waals surface area contributed by atoms with Gasteiger partial charge in [0.1, 0.15) is 4.90 Å². The SMILES string of the molecule is CCC(C)(CC(C)(C)NC(=O)c1ccc(S(C)(=O)=O)c([N+](=O)[O-])c1)N1C(=O)C=CC1=O.